The quantitative estimate of drug-likeness (QED) is 0.871. The summed E-state index contributed by atoms with van der Waals surface area (Å²) in [5.41, 5.74) is 10.3. The SMILES string of the molecule is Cc1cc(C)c(OCC2CCOc3ccccc32)c(N)c1. The van der Waals surface area contributed by atoms with Crippen molar-refractivity contribution in [2.45, 2.75) is 26.2 Å². The Morgan fingerprint density at radius 3 is 2.86 bits per heavy atom. The second-order valence-corrected chi connectivity index (χ2v) is 5.68. The van der Waals surface area contributed by atoms with Crippen molar-refractivity contribution in [3.8, 4) is 11.5 Å². The Kier molecular flexibility index (Phi) is 3.74. The molecule has 0 amide bonds. The van der Waals surface area contributed by atoms with Crippen molar-refractivity contribution in [1.82, 2.24) is 0 Å². The molecule has 0 aromatic heterocycles. The smallest absolute Gasteiger partial charge is 0.145 e. The molecule has 0 radical (unpaired) electrons. The number of hydrogen-bond donors (Lipinski definition) is 1. The summed E-state index contributed by atoms with van der Waals surface area (Å²) in [6.45, 7) is 5.46. The van der Waals surface area contributed by atoms with E-state index in [-0.39, 0.29) is 0 Å². The van der Waals surface area contributed by atoms with Crippen molar-refractivity contribution in [3.05, 3.63) is 53.1 Å². The van der Waals surface area contributed by atoms with Crippen LogP contribution in [0.1, 0.15) is 29.0 Å². The van der Waals surface area contributed by atoms with Crippen molar-refractivity contribution >= 4 is 5.69 Å². The minimum Gasteiger partial charge on any atom is -0.493 e. The van der Waals surface area contributed by atoms with Crippen LogP contribution < -0.4 is 15.2 Å². The number of fused-ring (bicyclic) bond motifs is 1. The van der Waals surface area contributed by atoms with E-state index >= 15 is 0 Å². The van der Waals surface area contributed by atoms with Crippen LogP contribution in [0.2, 0.25) is 0 Å². The van der Waals surface area contributed by atoms with Crippen LogP contribution in [0, 0.1) is 13.8 Å². The first kappa shape index (κ1) is 13.8. The van der Waals surface area contributed by atoms with Gasteiger partial charge in [0.05, 0.1) is 18.9 Å². The predicted molar refractivity (Wildman–Crippen MR) is 85.1 cm³/mol. The number of ether oxygens (including phenoxy) is 2. The zero-order valence-electron chi connectivity index (χ0n) is 12.6. The van der Waals surface area contributed by atoms with Gasteiger partial charge in [-0.15, -0.1) is 0 Å². The van der Waals surface area contributed by atoms with E-state index in [4.69, 9.17) is 15.2 Å². The molecule has 0 fully saturated rings. The summed E-state index contributed by atoms with van der Waals surface area (Å²) in [6.07, 6.45) is 0.974. The Labute approximate surface area is 125 Å². The number of anilines is 1. The molecule has 3 rings (SSSR count). The first-order chi connectivity index (χ1) is 10.1. The molecule has 0 bridgehead atoms. The van der Waals surface area contributed by atoms with Crippen LogP contribution >= 0.6 is 0 Å². The first-order valence-corrected chi connectivity index (χ1v) is 7.36. The fourth-order valence-electron chi connectivity index (χ4n) is 2.96. The molecule has 3 nitrogen and oxygen atoms in total. The highest BCUT2D eigenvalue weighted by Crippen LogP contribution is 2.35. The molecule has 0 aliphatic carbocycles. The van der Waals surface area contributed by atoms with Crippen LogP contribution in [-0.2, 0) is 0 Å². The van der Waals surface area contributed by atoms with Gasteiger partial charge in [-0.2, -0.15) is 0 Å². The molecular formula is C18H21NO2. The zero-order valence-corrected chi connectivity index (χ0v) is 12.6. The van der Waals surface area contributed by atoms with Gasteiger partial charge in [-0.25, -0.2) is 0 Å². The van der Waals surface area contributed by atoms with E-state index in [9.17, 15) is 0 Å². The van der Waals surface area contributed by atoms with Gasteiger partial charge in [0.2, 0.25) is 0 Å². The van der Waals surface area contributed by atoms with E-state index in [2.05, 4.69) is 12.1 Å². The lowest BCUT2D eigenvalue weighted by Crippen LogP contribution is -2.20. The highest BCUT2D eigenvalue weighted by atomic mass is 16.5. The minimum atomic E-state index is 0.357. The molecular weight excluding hydrogens is 262 g/mol. The third kappa shape index (κ3) is 2.82. The number of hydrogen-bond acceptors (Lipinski definition) is 3. The van der Waals surface area contributed by atoms with Crippen LogP contribution in [-0.4, -0.2) is 13.2 Å². The van der Waals surface area contributed by atoms with Gasteiger partial charge >= 0.3 is 0 Å². The van der Waals surface area contributed by atoms with Gasteiger partial charge in [-0.1, -0.05) is 24.3 Å². The molecule has 110 valence electrons. The summed E-state index contributed by atoms with van der Waals surface area (Å²) in [5, 5.41) is 0. The number of benzene rings is 2. The summed E-state index contributed by atoms with van der Waals surface area (Å²) >= 11 is 0. The number of nitrogens with two attached hydrogens (primary N) is 1. The molecule has 1 unspecified atom stereocenters. The second-order valence-electron chi connectivity index (χ2n) is 5.68. The molecule has 1 aliphatic heterocycles. The van der Waals surface area contributed by atoms with Crippen molar-refractivity contribution in [2.75, 3.05) is 18.9 Å². The third-order valence-electron chi connectivity index (χ3n) is 3.96. The van der Waals surface area contributed by atoms with Gasteiger partial charge in [0.25, 0.3) is 0 Å². The number of aryl methyl sites for hydroxylation is 2. The number of para-hydroxylation sites is 1. The number of nitrogen functional groups attached to an aromatic ring is 1. The Hall–Kier alpha value is -2.16. The van der Waals surface area contributed by atoms with Gasteiger partial charge < -0.3 is 15.2 Å². The van der Waals surface area contributed by atoms with Crippen molar-refractivity contribution in [2.24, 2.45) is 0 Å². The van der Waals surface area contributed by atoms with Crippen LogP contribution in [0.4, 0.5) is 5.69 Å². The van der Waals surface area contributed by atoms with Crippen LogP contribution in [0.3, 0.4) is 0 Å². The third-order valence-corrected chi connectivity index (χ3v) is 3.96. The van der Waals surface area contributed by atoms with Gasteiger partial charge in [0, 0.05) is 11.5 Å². The molecule has 3 heteroatoms. The highest BCUT2D eigenvalue weighted by Gasteiger charge is 2.22. The fourth-order valence-corrected chi connectivity index (χ4v) is 2.96. The molecule has 0 saturated heterocycles. The zero-order chi connectivity index (χ0) is 14.8. The molecule has 1 heterocycles. The maximum Gasteiger partial charge on any atom is 0.145 e. The summed E-state index contributed by atoms with van der Waals surface area (Å²) in [7, 11) is 0. The van der Waals surface area contributed by atoms with Crippen molar-refractivity contribution < 1.29 is 9.47 Å². The van der Waals surface area contributed by atoms with Gasteiger partial charge in [0.1, 0.15) is 11.5 Å². The van der Waals surface area contributed by atoms with Gasteiger partial charge in [0.15, 0.2) is 0 Å². The van der Waals surface area contributed by atoms with Crippen LogP contribution in [0.25, 0.3) is 0 Å². The Morgan fingerprint density at radius 2 is 2.05 bits per heavy atom. The highest BCUT2D eigenvalue weighted by molar-refractivity contribution is 5.58. The van der Waals surface area contributed by atoms with E-state index in [0.29, 0.717) is 18.2 Å². The summed E-state index contributed by atoms with van der Waals surface area (Å²) in [5.74, 6) is 2.14. The predicted octanol–water partition coefficient (Wildman–Crippen LogP) is 3.83. The van der Waals surface area contributed by atoms with Gasteiger partial charge in [-0.3, -0.25) is 0 Å². The summed E-state index contributed by atoms with van der Waals surface area (Å²) < 4.78 is 11.7. The molecule has 1 atom stereocenters. The topological polar surface area (TPSA) is 44.5 Å². The largest absolute Gasteiger partial charge is 0.493 e. The molecule has 1 aliphatic rings. The Bertz CT molecular complexity index is 628. The number of rotatable bonds is 3. The van der Waals surface area contributed by atoms with E-state index < -0.39 is 0 Å². The average molecular weight is 283 g/mol. The molecule has 0 spiro atoms. The lowest BCUT2D eigenvalue weighted by molar-refractivity contribution is 0.217. The van der Waals surface area contributed by atoms with Crippen LogP contribution in [0.15, 0.2) is 36.4 Å². The molecule has 2 aromatic rings. The summed E-state index contributed by atoms with van der Waals surface area (Å²) in [6, 6.07) is 12.3. The molecule has 2 aromatic carbocycles. The fraction of sp³-hybridized carbons (Fsp3) is 0.333. The monoisotopic (exact) mass is 283 g/mol. The van der Waals surface area contributed by atoms with Gasteiger partial charge in [-0.05, 0) is 43.5 Å². The lowest BCUT2D eigenvalue weighted by atomic mass is 9.94. The maximum absolute atomic E-state index is 6.08. The lowest BCUT2D eigenvalue weighted by Gasteiger charge is -2.26. The van der Waals surface area contributed by atoms with Crippen molar-refractivity contribution in [1.29, 1.82) is 0 Å². The van der Waals surface area contributed by atoms with Crippen LogP contribution in [0.5, 0.6) is 11.5 Å². The minimum absolute atomic E-state index is 0.357. The van der Waals surface area contributed by atoms with E-state index in [1.807, 2.05) is 38.1 Å². The normalized spacial score (nSPS) is 17.0. The molecule has 0 saturated carbocycles. The maximum atomic E-state index is 6.08. The van der Waals surface area contributed by atoms with E-state index in [1.165, 1.54) is 5.56 Å². The Balaban J connectivity index is 1.78. The first-order valence-electron chi connectivity index (χ1n) is 7.36. The van der Waals surface area contributed by atoms with Crippen molar-refractivity contribution in [3.63, 3.8) is 0 Å². The second kappa shape index (κ2) is 5.68. The molecule has 2 N–H and O–H groups in total. The Morgan fingerprint density at radius 1 is 1.24 bits per heavy atom. The van der Waals surface area contributed by atoms with E-state index in [0.717, 1.165) is 35.7 Å². The molecule has 21 heavy (non-hydrogen) atoms. The standard InChI is InChI=1S/C18H21NO2/c1-12-9-13(2)18(16(19)10-12)21-11-14-7-8-20-17-6-4-3-5-15(14)17/h3-6,9-10,14H,7-8,11,19H2,1-2H3. The average Bonchev–Trinajstić information content (AvgIpc) is 2.46. The summed E-state index contributed by atoms with van der Waals surface area (Å²) in [4.78, 5) is 0. The van der Waals surface area contributed by atoms with E-state index in [1.54, 1.807) is 0 Å².